The summed E-state index contributed by atoms with van der Waals surface area (Å²) in [5.74, 6) is -0.158. The first-order valence-corrected chi connectivity index (χ1v) is 9.47. The van der Waals surface area contributed by atoms with E-state index in [1.54, 1.807) is 34.1 Å². The van der Waals surface area contributed by atoms with Crippen LogP contribution in [0.1, 0.15) is 29.6 Å². The molecule has 1 amide bonds. The van der Waals surface area contributed by atoms with Crippen LogP contribution in [0.2, 0.25) is 5.02 Å². The Balaban J connectivity index is 1.51. The Morgan fingerprint density at radius 1 is 1.30 bits per heavy atom. The fourth-order valence-electron chi connectivity index (χ4n) is 3.92. The van der Waals surface area contributed by atoms with Gasteiger partial charge in [0.2, 0.25) is 0 Å². The molecule has 2 saturated heterocycles. The third kappa shape index (κ3) is 3.36. The molecule has 27 heavy (non-hydrogen) atoms. The van der Waals surface area contributed by atoms with Crippen LogP contribution in [0.3, 0.4) is 0 Å². The number of amides is 1. The van der Waals surface area contributed by atoms with Crippen LogP contribution in [-0.4, -0.2) is 68.3 Å². The minimum absolute atomic E-state index is 0.158. The van der Waals surface area contributed by atoms with Gasteiger partial charge in [0.15, 0.2) is 0 Å². The van der Waals surface area contributed by atoms with Gasteiger partial charge in [-0.15, -0.1) is 0 Å². The highest BCUT2D eigenvalue weighted by molar-refractivity contribution is 6.33. The molecule has 2 atom stereocenters. The van der Waals surface area contributed by atoms with Gasteiger partial charge in [0.1, 0.15) is 6.10 Å². The highest BCUT2D eigenvalue weighted by Crippen LogP contribution is 2.36. The quantitative estimate of drug-likeness (QED) is 0.812. The van der Waals surface area contributed by atoms with Gasteiger partial charge in [-0.2, -0.15) is 5.10 Å². The number of rotatable bonds is 2. The number of benzene rings is 1. The number of carbonyl (C=O) groups excluding carboxylic acids is 1. The molecule has 2 N–H and O–H groups in total. The second-order valence-electron chi connectivity index (χ2n) is 7.12. The molecule has 7 nitrogen and oxygen atoms in total. The monoisotopic (exact) mass is 391 g/mol. The average Bonchev–Trinajstić information content (AvgIpc) is 3.21. The fourth-order valence-corrected chi connectivity index (χ4v) is 4.12. The first-order chi connectivity index (χ1) is 13.0. The lowest BCUT2D eigenvalue weighted by atomic mass is 9.80. The van der Waals surface area contributed by atoms with E-state index in [2.05, 4.69) is 5.10 Å². The molecule has 0 bridgehead atoms. The Kier molecular flexibility index (Phi) is 4.94. The van der Waals surface area contributed by atoms with Gasteiger partial charge in [0.05, 0.1) is 34.6 Å². The zero-order chi connectivity index (χ0) is 19.0. The van der Waals surface area contributed by atoms with Gasteiger partial charge < -0.3 is 19.8 Å². The van der Waals surface area contributed by atoms with Crippen molar-refractivity contribution in [3.63, 3.8) is 0 Å². The number of carbonyl (C=O) groups is 1. The Labute approximate surface area is 162 Å². The van der Waals surface area contributed by atoms with Crippen molar-refractivity contribution in [1.82, 2.24) is 14.7 Å². The van der Waals surface area contributed by atoms with E-state index in [0.717, 1.165) is 5.69 Å². The van der Waals surface area contributed by atoms with Crippen LogP contribution in [-0.2, 0) is 4.74 Å². The van der Waals surface area contributed by atoms with Crippen molar-refractivity contribution < 1.29 is 19.7 Å². The van der Waals surface area contributed by atoms with E-state index in [1.807, 2.05) is 12.1 Å². The Hall–Kier alpha value is -1.93. The van der Waals surface area contributed by atoms with Gasteiger partial charge in [0, 0.05) is 25.5 Å². The van der Waals surface area contributed by atoms with Gasteiger partial charge in [-0.1, -0.05) is 11.6 Å². The molecule has 0 saturated carbocycles. The zero-order valence-corrected chi connectivity index (χ0v) is 15.5. The third-order valence-corrected chi connectivity index (χ3v) is 5.88. The molecule has 2 fully saturated rings. The molecule has 4 rings (SSSR count). The maximum atomic E-state index is 13.0. The summed E-state index contributed by atoms with van der Waals surface area (Å²) in [5, 5.41) is 24.9. The summed E-state index contributed by atoms with van der Waals surface area (Å²) in [6, 6.07) is 7.05. The summed E-state index contributed by atoms with van der Waals surface area (Å²) >= 11 is 6.28. The van der Waals surface area contributed by atoms with Crippen LogP contribution in [0.4, 0.5) is 0 Å². The second kappa shape index (κ2) is 7.24. The van der Waals surface area contributed by atoms with Crippen LogP contribution in [0.5, 0.6) is 0 Å². The van der Waals surface area contributed by atoms with Crippen molar-refractivity contribution in [1.29, 1.82) is 0 Å². The molecule has 3 heterocycles. The van der Waals surface area contributed by atoms with Crippen LogP contribution >= 0.6 is 11.6 Å². The molecular formula is C19H22ClN3O4. The molecule has 2 aromatic rings. The molecular weight excluding hydrogens is 370 g/mol. The lowest BCUT2D eigenvalue weighted by Crippen LogP contribution is -2.60. The van der Waals surface area contributed by atoms with E-state index in [0.29, 0.717) is 49.5 Å². The van der Waals surface area contributed by atoms with Crippen molar-refractivity contribution in [3.05, 3.63) is 47.2 Å². The maximum Gasteiger partial charge on any atom is 0.255 e. The summed E-state index contributed by atoms with van der Waals surface area (Å²) < 4.78 is 7.50. The Bertz CT molecular complexity index is 818. The van der Waals surface area contributed by atoms with E-state index >= 15 is 0 Å². The lowest BCUT2D eigenvalue weighted by molar-refractivity contribution is -0.212. The fraction of sp³-hybridized carbons (Fsp3) is 0.474. The van der Waals surface area contributed by atoms with E-state index in [-0.39, 0.29) is 5.91 Å². The smallest absolute Gasteiger partial charge is 0.255 e. The average molecular weight is 392 g/mol. The zero-order valence-electron chi connectivity index (χ0n) is 14.8. The molecule has 0 aliphatic carbocycles. The minimum atomic E-state index is -0.921. The van der Waals surface area contributed by atoms with Crippen molar-refractivity contribution >= 4 is 17.5 Å². The summed E-state index contributed by atoms with van der Waals surface area (Å²) in [6.07, 6.45) is 3.16. The normalized spacial score (nSPS) is 24.9. The number of ether oxygens (including phenoxy) is 1. The van der Waals surface area contributed by atoms with Crippen molar-refractivity contribution in [2.45, 2.75) is 37.1 Å². The van der Waals surface area contributed by atoms with Crippen LogP contribution in [0, 0.1) is 0 Å². The summed E-state index contributed by atoms with van der Waals surface area (Å²) in [4.78, 5) is 14.7. The first-order valence-electron chi connectivity index (χ1n) is 9.09. The highest BCUT2D eigenvalue weighted by atomic mass is 35.5. The van der Waals surface area contributed by atoms with E-state index in [9.17, 15) is 15.0 Å². The SMILES string of the molecule is O=C(c1cc(-n2cccn2)ccc1Cl)N1CCC2(CC1)OCC[C@H](O)[C@@H]2O. The second-order valence-corrected chi connectivity index (χ2v) is 7.53. The summed E-state index contributed by atoms with van der Waals surface area (Å²) in [6.45, 7) is 1.29. The van der Waals surface area contributed by atoms with Crippen molar-refractivity contribution in [3.8, 4) is 5.69 Å². The molecule has 1 aromatic heterocycles. The summed E-state index contributed by atoms with van der Waals surface area (Å²) in [7, 11) is 0. The van der Waals surface area contributed by atoms with E-state index < -0.39 is 17.8 Å². The Morgan fingerprint density at radius 3 is 2.78 bits per heavy atom. The number of aliphatic hydroxyl groups is 2. The largest absolute Gasteiger partial charge is 0.390 e. The van der Waals surface area contributed by atoms with Gasteiger partial charge in [0.25, 0.3) is 5.91 Å². The number of nitrogens with zero attached hydrogens (tertiary/aromatic N) is 3. The molecule has 2 aliphatic rings. The van der Waals surface area contributed by atoms with Crippen molar-refractivity contribution in [2.24, 2.45) is 0 Å². The molecule has 1 aromatic carbocycles. The number of likely N-dealkylation sites (tertiary alicyclic amines) is 1. The van der Waals surface area contributed by atoms with Gasteiger partial charge >= 0.3 is 0 Å². The number of hydrogen-bond donors (Lipinski definition) is 2. The molecule has 8 heteroatoms. The first kappa shape index (κ1) is 18.4. The number of aromatic nitrogens is 2. The molecule has 2 aliphatic heterocycles. The van der Waals surface area contributed by atoms with Crippen LogP contribution < -0.4 is 0 Å². The molecule has 1 spiro atoms. The van der Waals surface area contributed by atoms with Gasteiger partial charge in [-0.3, -0.25) is 4.79 Å². The third-order valence-electron chi connectivity index (χ3n) is 5.55. The highest BCUT2D eigenvalue weighted by Gasteiger charge is 2.48. The van der Waals surface area contributed by atoms with Crippen molar-refractivity contribution in [2.75, 3.05) is 19.7 Å². The van der Waals surface area contributed by atoms with Crippen LogP contribution in [0.25, 0.3) is 5.69 Å². The number of aliphatic hydroxyl groups excluding tert-OH is 2. The number of piperidine rings is 1. The molecule has 0 unspecified atom stereocenters. The number of hydrogen-bond acceptors (Lipinski definition) is 5. The topological polar surface area (TPSA) is 87.8 Å². The standard InChI is InChI=1S/C19H22ClN3O4/c20-15-3-2-13(23-8-1-7-21-23)12-14(15)18(26)22-9-5-19(6-10-22)17(25)16(24)4-11-27-19/h1-3,7-8,12,16-17,24-25H,4-6,9-11H2/t16-,17-/m0/s1. The molecule has 0 radical (unpaired) electrons. The van der Waals surface area contributed by atoms with E-state index in [4.69, 9.17) is 16.3 Å². The molecule has 144 valence electrons. The Morgan fingerprint density at radius 2 is 2.07 bits per heavy atom. The predicted octanol–water partition coefficient (Wildman–Crippen LogP) is 1.64. The van der Waals surface area contributed by atoms with Gasteiger partial charge in [-0.05, 0) is 43.5 Å². The number of halogens is 1. The van der Waals surface area contributed by atoms with E-state index in [1.165, 1.54) is 0 Å². The minimum Gasteiger partial charge on any atom is -0.390 e. The van der Waals surface area contributed by atoms with Gasteiger partial charge in [-0.25, -0.2) is 4.68 Å². The maximum absolute atomic E-state index is 13.0. The summed E-state index contributed by atoms with van der Waals surface area (Å²) in [5.41, 5.74) is 0.413. The predicted molar refractivity (Wildman–Crippen MR) is 99.0 cm³/mol. The van der Waals surface area contributed by atoms with Crippen LogP contribution in [0.15, 0.2) is 36.7 Å². The lowest BCUT2D eigenvalue weighted by Gasteiger charge is -2.48.